The van der Waals surface area contributed by atoms with E-state index in [0.717, 1.165) is 10.0 Å². The van der Waals surface area contributed by atoms with Gasteiger partial charge in [0.2, 0.25) is 0 Å². The fourth-order valence-electron chi connectivity index (χ4n) is 0.706. The van der Waals surface area contributed by atoms with Crippen molar-refractivity contribution in [2.24, 2.45) is 0 Å². The van der Waals surface area contributed by atoms with Crippen LogP contribution in [0.3, 0.4) is 0 Å². The molecule has 0 unspecified atom stereocenters. The van der Waals surface area contributed by atoms with E-state index in [1.54, 1.807) is 6.07 Å². The van der Waals surface area contributed by atoms with Crippen LogP contribution in [0.5, 0.6) is 5.75 Å². The van der Waals surface area contributed by atoms with Crippen LogP contribution in [0.25, 0.3) is 0 Å². The van der Waals surface area contributed by atoms with Crippen molar-refractivity contribution in [1.29, 1.82) is 0 Å². The zero-order valence-corrected chi connectivity index (χ0v) is 7.70. The summed E-state index contributed by atoms with van der Waals surface area (Å²) >= 11 is 8.86. The number of halogens is 2. The normalized spacial score (nSPS) is 9.90. The smallest absolute Gasteiger partial charge is 0.135 e. The highest BCUT2D eigenvalue weighted by Crippen LogP contribution is 2.32. The van der Waals surface area contributed by atoms with Gasteiger partial charge in [-0.25, -0.2) is 0 Å². The molecule has 1 nitrogen and oxygen atoms in total. The monoisotopic (exact) mass is 220 g/mol. The highest BCUT2D eigenvalue weighted by Gasteiger charge is 2.02. The first kappa shape index (κ1) is 7.89. The second-order valence-corrected chi connectivity index (χ2v) is 3.31. The zero-order chi connectivity index (χ0) is 7.72. The molecule has 1 N–H and O–H groups in total. The van der Waals surface area contributed by atoms with E-state index in [0.29, 0.717) is 5.02 Å². The summed E-state index contributed by atoms with van der Waals surface area (Å²) in [4.78, 5) is 0. The van der Waals surface area contributed by atoms with E-state index in [9.17, 15) is 0 Å². The van der Waals surface area contributed by atoms with E-state index in [2.05, 4.69) is 15.9 Å². The number of hydrogen-bond acceptors (Lipinski definition) is 1. The minimum atomic E-state index is 0.119. The Morgan fingerprint density at radius 1 is 1.50 bits per heavy atom. The highest BCUT2D eigenvalue weighted by molar-refractivity contribution is 9.10. The van der Waals surface area contributed by atoms with Crippen LogP contribution < -0.4 is 0 Å². The first-order valence-electron chi connectivity index (χ1n) is 2.76. The summed E-state index contributed by atoms with van der Waals surface area (Å²) in [7, 11) is 0. The molecular weight excluding hydrogens is 215 g/mol. The third-order valence-electron chi connectivity index (χ3n) is 1.15. The summed E-state index contributed by atoms with van der Waals surface area (Å²) in [5, 5.41) is 9.49. The van der Waals surface area contributed by atoms with Crippen molar-refractivity contribution in [3.63, 3.8) is 0 Å². The minimum absolute atomic E-state index is 0.119. The lowest BCUT2D eigenvalue weighted by Gasteiger charge is -1.99. The Morgan fingerprint density at radius 2 is 2.10 bits per heavy atom. The third-order valence-corrected chi connectivity index (χ3v) is 2.40. The maximum Gasteiger partial charge on any atom is 0.135 e. The van der Waals surface area contributed by atoms with Crippen LogP contribution >= 0.6 is 27.5 Å². The molecule has 0 bridgehead atoms. The zero-order valence-electron chi connectivity index (χ0n) is 5.36. The van der Waals surface area contributed by atoms with Crippen molar-refractivity contribution in [3.8, 4) is 5.75 Å². The predicted molar refractivity (Wildman–Crippen MR) is 45.6 cm³/mol. The molecule has 3 heteroatoms. The van der Waals surface area contributed by atoms with Gasteiger partial charge in [0.15, 0.2) is 0 Å². The Bertz CT molecular complexity index is 237. The van der Waals surface area contributed by atoms with Gasteiger partial charge < -0.3 is 5.11 Å². The number of benzene rings is 1. The fraction of sp³-hybridized carbons (Fsp3) is 0.143. The van der Waals surface area contributed by atoms with Gasteiger partial charge in [-0.15, -0.1) is 0 Å². The van der Waals surface area contributed by atoms with E-state index in [1.807, 2.05) is 13.0 Å². The molecule has 0 aliphatic rings. The van der Waals surface area contributed by atoms with Gasteiger partial charge in [-0.3, -0.25) is 0 Å². The highest BCUT2D eigenvalue weighted by atomic mass is 79.9. The maximum atomic E-state index is 9.12. The van der Waals surface area contributed by atoms with Gasteiger partial charge in [-0.1, -0.05) is 11.6 Å². The number of hydrogen-bond donors (Lipinski definition) is 1. The molecule has 0 heterocycles. The van der Waals surface area contributed by atoms with Crippen molar-refractivity contribution in [3.05, 3.63) is 27.2 Å². The quantitative estimate of drug-likeness (QED) is 0.714. The lowest BCUT2D eigenvalue weighted by atomic mass is 10.2. The summed E-state index contributed by atoms with van der Waals surface area (Å²) in [6, 6.07) is 3.47. The van der Waals surface area contributed by atoms with Gasteiger partial charge in [0, 0.05) is 4.47 Å². The van der Waals surface area contributed by atoms with Crippen LogP contribution in [0.1, 0.15) is 5.56 Å². The average molecular weight is 221 g/mol. The molecule has 0 radical (unpaired) electrons. The summed E-state index contributed by atoms with van der Waals surface area (Å²) in [5.74, 6) is 0.119. The molecule has 1 aromatic carbocycles. The molecule has 0 aliphatic heterocycles. The molecule has 0 saturated carbocycles. The van der Waals surface area contributed by atoms with E-state index >= 15 is 0 Å². The van der Waals surface area contributed by atoms with E-state index in [4.69, 9.17) is 16.7 Å². The Hall–Kier alpha value is -0.210. The van der Waals surface area contributed by atoms with Crippen molar-refractivity contribution < 1.29 is 5.11 Å². The first-order chi connectivity index (χ1) is 4.61. The Morgan fingerprint density at radius 3 is 2.60 bits per heavy atom. The second kappa shape index (κ2) is 2.81. The molecule has 10 heavy (non-hydrogen) atoms. The predicted octanol–water partition coefficient (Wildman–Crippen LogP) is 3.12. The lowest BCUT2D eigenvalue weighted by Crippen LogP contribution is -1.74. The molecule has 0 atom stereocenters. The molecule has 54 valence electrons. The number of aryl methyl sites for hydroxylation is 1. The average Bonchev–Trinajstić information content (AvgIpc) is 1.82. The van der Waals surface area contributed by atoms with Gasteiger partial charge in [0.1, 0.15) is 5.75 Å². The largest absolute Gasteiger partial charge is 0.506 e. The Kier molecular flexibility index (Phi) is 2.21. The Labute approximate surface area is 72.8 Å². The molecule has 0 spiro atoms. The third kappa shape index (κ3) is 1.44. The van der Waals surface area contributed by atoms with Crippen LogP contribution in [0.15, 0.2) is 16.6 Å². The minimum Gasteiger partial charge on any atom is -0.506 e. The number of phenolic OH excluding ortho intramolecular Hbond substituents is 1. The molecule has 0 saturated heterocycles. The molecular formula is C7H6BrClO. The number of phenols is 1. The van der Waals surface area contributed by atoms with Gasteiger partial charge in [0.05, 0.1) is 5.02 Å². The van der Waals surface area contributed by atoms with Crippen molar-refractivity contribution in [2.75, 3.05) is 0 Å². The second-order valence-electron chi connectivity index (χ2n) is 2.08. The van der Waals surface area contributed by atoms with Crippen LogP contribution in [0, 0.1) is 6.92 Å². The summed E-state index contributed by atoms with van der Waals surface area (Å²) < 4.78 is 0.728. The van der Waals surface area contributed by atoms with Crippen LogP contribution in [-0.2, 0) is 0 Å². The van der Waals surface area contributed by atoms with E-state index in [-0.39, 0.29) is 5.75 Å². The summed E-state index contributed by atoms with van der Waals surface area (Å²) in [6.07, 6.45) is 0. The van der Waals surface area contributed by atoms with E-state index in [1.165, 1.54) is 0 Å². The molecule has 0 aliphatic carbocycles. The first-order valence-corrected chi connectivity index (χ1v) is 3.93. The van der Waals surface area contributed by atoms with E-state index < -0.39 is 0 Å². The maximum absolute atomic E-state index is 9.12. The standard InChI is InChI=1S/C7H6BrClO/c1-4-2-5(8)7(9)6(10)3-4/h2-3,10H,1H3. The molecule has 0 aromatic heterocycles. The fourth-order valence-corrected chi connectivity index (χ4v) is 1.38. The summed E-state index contributed by atoms with van der Waals surface area (Å²) in [6.45, 7) is 1.89. The molecule has 1 aromatic rings. The molecule has 0 fully saturated rings. The topological polar surface area (TPSA) is 20.2 Å². The van der Waals surface area contributed by atoms with Crippen LogP contribution in [0.4, 0.5) is 0 Å². The SMILES string of the molecule is Cc1cc(O)c(Cl)c(Br)c1. The number of rotatable bonds is 0. The van der Waals surface area contributed by atoms with Crippen molar-refractivity contribution in [1.82, 2.24) is 0 Å². The molecule has 0 amide bonds. The van der Waals surface area contributed by atoms with Gasteiger partial charge in [0.25, 0.3) is 0 Å². The number of aromatic hydroxyl groups is 1. The van der Waals surface area contributed by atoms with Crippen LogP contribution in [-0.4, -0.2) is 5.11 Å². The lowest BCUT2D eigenvalue weighted by molar-refractivity contribution is 0.475. The van der Waals surface area contributed by atoms with Gasteiger partial charge in [-0.2, -0.15) is 0 Å². The van der Waals surface area contributed by atoms with Gasteiger partial charge in [-0.05, 0) is 40.5 Å². The van der Waals surface area contributed by atoms with Crippen LogP contribution in [0.2, 0.25) is 5.02 Å². The molecule has 1 rings (SSSR count). The Balaban J connectivity index is 3.31. The van der Waals surface area contributed by atoms with Gasteiger partial charge >= 0.3 is 0 Å². The van der Waals surface area contributed by atoms with Crippen molar-refractivity contribution in [2.45, 2.75) is 6.92 Å². The summed E-state index contributed by atoms with van der Waals surface area (Å²) in [5.41, 5.74) is 0.980. The van der Waals surface area contributed by atoms with Crippen molar-refractivity contribution >= 4 is 27.5 Å².